The van der Waals surface area contributed by atoms with Crippen LogP contribution in [0.1, 0.15) is 30.6 Å². The highest BCUT2D eigenvalue weighted by Gasteiger charge is 2.18. The summed E-state index contributed by atoms with van der Waals surface area (Å²) in [5.74, 6) is 0.322. The van der Waals surface area contributed by atoms with Gasteiger partial charge in [0.2, 0.25) is 5.89 Å². The molecule has 8 heteroatoms. The predicted octanol–water partition coefficient (Wildman–Crippen LogP) is 2.32. The molecule has 0 N–H and O–H groups in total. The van der Waals surface area contributed by atoms with Crippen LogP contribution in [0.15, 0.2) is 47.2 Å². The summed E-state index contributed by atoms with van der Waals surface area (Å²) in [5, 5.41) is 7.94. The maximum Gasteiger partial charge on any atom is 0.226 e. The molecule has 0 aliphatic rings. The fourth-order valence-electron chi connectivity index (χ4n) is 2.32. The normalized spacial score (nSPS) is 11.7. The third-order valence-corrected chi connectivity index (χ3v) is 4.84. The van der Waals surface area contributed by atoms with Crippen molar-refractivity contribution in [2.75, 3.05) is 0 Å². The number of nitrogens with zero attached hydrogens (tertiary/aromatic N) is 4. The zero-order chi connectivity index (χ0) is 17.0. The third kappa shape index (κ3) is 4.08. The second kappa shape index (κ2) is 6.96. The van der Waals surface area contributed by atoms with E-state index in [0.717, 1.165) is 12.1 Å². The zero-order valence-electron chi connectivity index (χ0n) is 13.3. The quantitative estimate of drug-likeness (QED) is 0.652. The second-order valence-electron chi connectivity index (χ2n) is 5.52. The average molecular weight is 346 g/mol. The molecule has 0 aliphatic heterocycles. The maximum absolute atomic E-state index is 12.3. The molecule has 0 bridgehead atoms. The van der Waals surface area contributed by atoms with E-state index in [2.05, 4.69) is 15.2 Å². The smallest absolute Gasteiger partial charge is 0.226 e. The van der Waals surface area contributed by atoms with Crippen LogP contribution in [0.25, 0.3) is 5.69 Å². The molecule has 2 aromatic heterocycles. The van der Waals surface area contributed by atoms with E-state index in [1.165, 1.54) is 0 Å². The molecule has 0 amide bonds. The van der Waals surface area contributed by atoms with Crippen molar-refractivity contribution in [1.29, 1.82) is 0 Å². The Morgan fingerprint density at radius 2 is 1.96 bits per heavy atom. The van der Waals surface area contributed by atoms with Crippen LogP contribution in [0.4, 0.5) is 0 Å². The first-order chi connectivity index (χ1) is 11.6. The van der Waals surface area contributed by atoms with E-state index in [0.29, 0.717) is 17.9 Å². The van der Waals surface area contributed by atoms with Gasteiger partial charge in [-0.3, -0.25) is 0 Å². The van der Waals surface area contributed by atoms with Gasteiger partial charge in [-0.25, -0.2) is 13.1 Å². The molecule has 7 nitrogen and oxygen atoms in total. The third-order valence-electron chi connectivity index (χ3n) is 3.37. The van der Waals surface area contributed by atoms with Crippen LogP contribution in [-0.2, 0) is 27.8 Å². The Hall–Kier alpha value is -2.48. The first-order valence-corrected chi connectivity index (χ1v) is 9.49. The van der Waals surface area contributed by atoms with Gasteiger partial charge in [0.1, 0.15) is 5.75 Å². The first-order valence-electron chi connectivity index (χ1n) is 7.66. The lowest BCUT2D eigenvalue weighted by Crippen LogP contribution is -2.08. The topological polar surface area (TPSA) is 90.9 Å². The molecule has 1 aromatic carbocycles. The highest BCUT2D eigenvalue weighted by molar-refractivity contribution is 7.89. The highest BCUT2D eigenvalue weighted by atomic mass is 32.2. The van der Waals surface area contributed by atoms with Crippen molar-refractivity contribution in [3.05, 3.63) is 60.0 Å². The van der Waals surface area contributed by atoms with Gasteiger partial charge in [-0.2, -0.15) is 10.1 Å². The van der Waals surface area contributed by atoms with Gasteiger partial charge in [0, 0.05) is 18.2 Å². The van der Waals surface area contributed by atoms with E-state index in [1.807, 2.05) is 37.3 Å². The molecule has 126 valence electrons. The summed E-state index contributed by atoms with van der Waals surface area (Å²) in [6, 6.07) is 9.52. The van der Waals surface area contributed by atoms with E-state index < -0.39 is 9.84 Å². The summed E-state index contributed by atoms with van der Waals surface area (Å²) in [5.41, 5.74) is 1.50. The van der Waals surface area contributed by atoms with Crippen LogP contribution in [0.3, 0.4) is 0 Å². The summed E-state index contributed by atoms with van der Waals surface area (Å²) in [6.45, 7) is 1.99. The molecule has 3 aromatic rings. The lowest BCUT2D eigenvalue weighted by Gasteiger charge is -2.00. The van der Waals surface area contributed by atoms with E-state index in [4.69, 9.17) is 4.52 Å². The second-order valence-corrected chi connectivity index (χ2v) is 7.58. The van der Waals surface area contributed by atoms with Crippen molar-refractivity contribution in [1.82, 2.24) is 19.9 Å². The van der Waals surface area contributed by atoms with Gasteiger partial charge in [0.25, 0.3) is 0 Å². The van der Waals surface area contributed by atoms with Crippen molar-refractivity contribution in [2.45, 2.75) is 31.3 Å². The van der Waals surface area contributed by atoms with Crippen molar-refractivity contribution in [3.63, 3.8) is 0 Å². The van der Waals surface area contributed by atoms with E-state index in [9.17, 15) is 8.42 Å². The fourth-order valence-corrected chi connectivity index (χ4v) is 3.59. The van der Waals surface area contributed by atoms with Gasteiger partial charge < -0.3 is 4.52 Å². The summed E-state index contributed by atoms with van der Waals surface area (Å²) >= 11 is 0. The van der Waals surface area contributed by atoms with Gasteiger partial charge in [-0.15, -0.1) is 0 Å². The van der Waals surface area contributed by atoms with Gasteiger partial charge in [0.15, 0.2) is 15.7 Å². The largest absolute Gasteiger partial charge is 0.339 e. The average Bonchev–Trinajstić information content (AvgIpc) is 3.17. The zero-order valence-corrected chi connectivity index (χ0v) is 14.1. The molecular weight excluding hydrogens is 328 g/mol. The molecule has 0 saturated heterocycles. The Morgan fingerprint density at radius 1 is 1.17 bits per heavy atom. The first kappa shape index (κ1) is 16.4. The van der Waals surface area contributed by atoms with Crippen LogP contribution >= 0.6 is 0 Å². The van der Waals surface area contributed by atoms with Crippen molar-refractivity contribution >= 4 is 9.84 Å². The Morgan fingerprint density at radius 3 is 2.71 bits per heavy atom. The van der Waals surface area contributed by atoms with Crippen molar-refractivity contribution in [3.8, 4) is 5.69 Å². The SMILES string of the molecule is CCCc1nc(CS(=O)(=O)Cc2cnn(-c3ccccc3)c2)no1. The summed E-state index contributed by atoms with van der Waals surface area (Å²) < 4.78 is 31.3. The van der Waals surface area contributed by atoms with Crippen LogP contribution < -0.4 is 0 Å². The van der Waals surface area contributed by atoms with Crippen LogP contribution in [0.5, 0.6) is 0 Å². The molecule has 3 rings (SSSR count). The number of aromatic nitrogens is 4. The number of hydrogen-bond donors (Lipinski definition) is 0. The molecule has 0 aliphatic carbocycles. The Kier molecular flexibility index (Phi) is 4.75. The standard InChI is InChI=1S/C16H18N4O3S/c1-2-6-16-18-15(19-23-16)12-24(21,22)11-13-9-17-20(10-13)14-7-4-3-5-8-14/h3-5,7-10H,2,6,11-12H2,1H3. The van der Waals surface area contributed by atoms with Crippen LogP contribution in [-0.4, -0.2) is 28.3 Å². The molecule has 0 unspecified atom stereocenters. The van der Waals surface area contributed by atoms with Crippen molar-refractivity contribution in [2.24, 2.45) is 0 Å². The predicted molar refractivity (Wildman–Crippen MR) is 88.2 cm³/mol. The number of rotatable bonds is 7. The molecule has 0 fully saturated rings. The lowest BCUT2D eigenvalue weighted by molar-refractivity contribution is 0.373. The summed E-state index contributed by atoms with van der Waals surface area (Å²) in [7, 11) is -3.40. The van der Waals surface area contributed by atoms with Crippen LogP contribution in [0.2, 0.25) is 0 Å². The van der Waals surface area contributed by atoms with Gasteiger partial charge in [-0.05, 0) is 18.6 Å². The molecule has 0 radical (unpaired) electrons. The number of hydrogen-bond acceptors (Lipinski definition) is 6. The number of sulfone groups is 1. The molecule has 24 heavy (non-hydrogen) atoms. The van der Waals surface area contributed by atoms with E-state index >= 15 is 0 Å². The highest BCUT2D eigenvalue weighted by Crippen LogP contribution is 2.13. The van der Waals surface area contributed by atoms with Gasteiger partial charge in [0.05, 0.1) is 17.6 Å². The Labute approximate surface area is 140 Å². The van der Waals surface area contributed by atoms with Crippen LogP contribution in [0, 0.1) is 0 Å². The summed E-state index contributed by atoms with van der Waals surface area (Å²) in [4.78, 5) is 4.10. The monoisotopic (exact) mass is 346 g/mol. The van der Waals surface area contributed by atoms with Gasteiger partial charge >= 0.3 is 0 Å². The van der Waals surface area contributed by atoms with E-state index in [-0.39, 0.29) is 17.3 Å². The minimum Gasteiger partial charge on any atom is -0.339 e. The lowest BCUT2D eigenvalue weighted by atomic mass is 10.3. The molecular formula is C16H18N4O3S. The fraction of sp³-hybridized carbons (Fsp3) is 0.312. The minimum absolute atomic E-state index is 0.114. The Bertz CT molecular complexity index is 900. The van der Waals surface area contributed by atoms with E-state index in [1.54, 1.807) is 17.1 Å². The minimum atomic E-state index is -3.40. The molecule has 2 heterocycles. The Balaban J connectivity index is 1.69. The number of benzene rings is 1. The molecule has 0 atom stereocenters. The summed E-state index contributed by atoms with van der Waals surface area (Å²) in [6.07, 6.45) is 4.79. The number of para-hydroxylation sites is 1. The molecule has 0 spiro atoms. The van der Waals surface area contributed by atoms with Crippen molar-refractivity contribution < 1.29 is 12.9 Å². The molecule has 0 saturated carbocycles. The van der Waals surface area contributed by atoms with Gasteiger partial charge in [-0.1, -0.05) is 30.3 Å². The maximum atomic E-state index is 12.3. The number of aryl methyl sites for hydroxylation is 1.